The van der Waals surface area contributed by atoms with Crippen LogP contribution in [0.4, 0.5) is 5.82 Å². The van der Waals surface area contributed by atoms with Crippen LogP contribution in [0.15, 0.2) is 34.7 Å². The number of halogens is 2. The molecule has 3 N–H and O–H groups in total. The van der Waals surface area contributed by atoms with Gasteiger partial charge < -0.3 is 10.2 Å². The maximum Gasteiger partial charge on any atom is 0.163 e. The minimum atomic E-state index is 0.0319. The molecule has 0 saturated carbocycles. The van der Waals surface area contributed by atoms with Crippen molar-refractivity contribution in [3.8, 4) is 23.5 Å². The Labute approximate surface area is 152 Å². The number of nitrogens with two attached hydrogens (primary N) is 1. The molecular formula is C17H9Cl2N5O. The molecule has 2 aromatic heterocycles. The molecule has 1 aromatic carbocycles. The van der Waals surface area contributed by atoms with Crippen molar-refractivity contribution >= 4 is 40.7 Å². The van der Waals surface area contributed by atoms with Crippen molar-refractivity contribution in [2.75, 3.05) is 5.73 Å². The maximum absolute atomic E-state index is 9.38. The lowest BCUT2D eigenvalue weighted by atomic mass is 10.1. The molecule has 2 heterocycles. The number of nitrogens with zero attached hydrogens (tertiary/aromatic N) is 3. The van der Waals surface area contributed by atoms with Crippen LogP contribution in [0.1, 0.15) is 17.0 Å². The summed E-state index contributed by atoms with van der Waals surface area (Å²) >= 11 is 12.2. The fourth-order valence-electron chi connectivity index (χ4n) is 2.24. The second-order valence-corrected chi connectivity index (χ2v) is 5.73. The second-order valence-electron chi connectivity index (χ2n) is 4.94. The number of furan rings is 1. The van der Waals surface area contributed by atoms with Gasteiger partial charge in [0.1, 0.15) is 29.2 Å². The number of rotatable bonds is 3. The molecule has 0 aliphatic heterocycles. The maximum atomic E-state index is 9.38. The highest BCUT2D eigenvalue weighted by Gasteiger charge is 2.16. The van der Waals surface area contributed by atoms with Gasteiger partial charge >= 0.3 is 0 Å². The van der Waals surface area contributed by atoms with Crippen LogP contribution >= 0.6 is 23.2 Å². The number of allylic oxidation sites excluding steroid dienone is 1. The van der Waals surface area contributed by atoms with E-state index in [-0.39, 0.29) is 22.6 Å². The van der Waals surface area contributed by atoms with Crippen LogP contribution in [0, 0.1) is 22.7 Å². The van der Waals surface area contributed by atoms with E-state index in [4.69, 9.17) is 38.6 Å². The number of hydrogen-bond donors (Lipinski definition) is 2. The summed E-state index contributed by atoms with van der Waals surface area (Å²) in [6, 6.07) is 12.5. The van der Waals surface area contributed by atoms with Crippen LogP contribution in [0.3, 0.4) is 0 Å². The summed E-state index contributed by atoms with van der Waals surface area (Å²) in [4.78, 5) is 0. The third kappa shape index (κ3) is 3.09. The third-order valence-corrected chi connectivity index (χ3v) is 4.25. The summed E-state index contributed by atoms with van der Waals surface area (Å²) in [7, 11) is 0. The van der Waals surface area contributed by atoms with E-state index in [1.165, 1.54) is 6.08 Å². The van der Waals surface area contributed by atoms with Crippen molar-refractivity contribution in [1.82, 2.24) is 10.2 Å². The predicted molar refractivity (Wildman–Crippen MR) is 95.4 cm³/mol. The van der Waals surface area contributed by atoms with Gasteiger partial charge in [-0.2, -0.15) is 15.6 Å². The third-order valence-electron chi connectivity index (χ3n) is 3.43. The number of benzene rings is 1. The van der Waals surface area contributed by atoms with E-state index in [0.717, 1.165) is 0 Å². The summed E-state index contributed by atoms with van der Waals surface area (Å²) in [5.41, 5.74) is 6.74. The van der Waals surface area contributed by atoms with Crippen LogP contribution in [0.25, 0.3) is 23.0 Å². The summed E-state index contributed by atoms with van der Waals surface area (Å²) in [6.45, 7) is 0. The van der Waals surface area contributed by atoms with Crippen LogP contribution in [-0.4, -0.2) is 10.2 Å². The van der Waals surface area contributed by atoms with E-state index in [0.29, 0.717) is 27.1 Å². The van der Waals surface area contributed by atoms with Gasteiger partial charge in [0.15, 0.2) is 5.82 Å². The van der Waals surface area contributed by atoms with Gasteiger partial charge in [0.25, 0.3) is 0 Å². The number of hydrogen-bond acceptors (Lipinski definition) is 5. The Kier molecular flexibility index (Phi) is 4.49. The molecule has 122 valence electrons. The average Bonchev–Trinajstić information content (AvgIpc) is 3.21. The Balaban J connectivity index is 2.02. The van der Waals surface area contributed by atoms with Gasteiger partial charge in [-0.05, 0) is 24.3 Å². The Hall–Kier alpha value is -3.19. The molecule has 0 bridgehead atoms. The average molecular weight is 370 g/mol. The van der Waals surface area contributed by atoms with Gasteiger partial charge in [-0.1, -0.05) is 29.3 Å². The van der Waals surface area contributed by atoms with Crippen LogP contribution in [0.5, 0.6) is 0 Å². The Morgan fingerprint density at radius 3 is 2.76 bits per heavy atom. The van der Waals surface area contributed by atoms with Gasteiger partial charge in [0.2, 0.25) is 0 Å². The lowest BCUT2D eigenvalue weighted by Crippen LogP contribution is -1.89. The SMILES string of the molecule is N#C/C(=C\c1ccc(-c2cccc(Cl)c2Cl)o1)c1[nH]nc(N)c1C#N. The zero-order valence-corrected chi connectivity index (χ0v) is 14.1. The Bertz CT molecular complexity index is 1070. The number of H-pyrrole nitrogens is 1. The first-order valence-corrected chi connectivity index (χ1v) is 7.71. The van der Waals surface area contributed by atoms with Crippen LogP contribution in [-0.2, 0) is 0 Å². The lowest BCUT2D eigenvalue weighted by Gasteiger charge is -2.02. The number of nitrogen functional groups attached to an aromatic ring is 1. The molecular weight excluding hydrogens is 361 g/mol. The molecule has 0 amide bonds. The normalized spacial score (nSPS) is 11.1. The fourth-order valence-corrected chi connectivity index (χ4v) is 2.63. The monoisotopic (exact) mass is 369 g/mol. The number of nitrogens with one attached hydrogen (secondary N) is 1. The van der Waals surface area contributed by atoms with Crippen molar-refractivity contribution in [3.05, 3.63) is 57.4 Å². The summed E-state index contributed by atoms with van der Waals surface area (Å²) in [5.74, 6) is 0.935. The van der Waals surface area contributed by atoms with E-state index in [1.54, 1.807) is 30.3 Å². The van der Waals surface area contributed by atoms with Crippen LogP contribution in [0.2, 0.25) is 10.0 Å². The molecule has 3 aromatic rings. The molecule has 0 unspecified atom stereocenters. The van der Waals surface area contributed by atoms with Crippen molar-refractivity contribution in [2.24, 2.45) is 0 Å². The number of aromatic amines is 1. The molecule has 0 aliphatic rings. The number of anilines is 1. The van der Waals surface area contributed by atoms with Gasteiger partial charge in [-0.3, -0.25) is 5.10 Å². The molecule has 6 nitrogen and oxygen atoms in total. The summed E-state index contributed by atoms with van der Waals surface area (Å²) in [6.07, 6.45) is 1.48. The van der Waals surface area contributed by atoms with E-state index in [9.17, 15) is 5.26 Å². The van der Waals surface area contributed by atoms with E-state index in [1.807, 2.05) is 12.1 Å². The zero-order chi connectivity index (χ0) is 18.0. The van der Waals surface area contributed by atoms with Gasteiger partial charge in [0.05, 0.1) is 21.3 Å². The van der Waals surface area contributed by atoms with E-state index in [2.05, 4.69) is 10.2 Å². The quantitative estimate of drug-likeness (QED) is 0.659. The minimum absolute atomic E-state index is 0.0319. The molecule has 3 rings (SSSR count). The first kappa shape index (κ1) is 16.7. The molecule has 0 saturated heterocycles. The van der Waals surface area contributed by atoms with E-state index >= 15 is 0 Å². The highest BCUT2D eigenvalue weighted by atomic mass is 35.5. The van der Waals surface area contributed by atoms with Crippen molar-refractivity contribution in [3.63, 3.8) is 0 Å². The van der Waals surface area contributed by atoms with Gasteiger partial charge in [-0.25, -0.2) is 0 Å². The molecule has 0 atom stereocenters. The number of nitriles is 2. The first-order valence-electron chi connectivity index (χ1n) is 6.95. The highest BCUT2D eigenvalue weighted by Crippen LogP contribution is 2.35. The summed E-state index contributed by atoms with van der Waals surface area (Å²) in [5, 5.41) is 25.6. The molecule has 0 aliphatic carbocycles. The summed E-state index contributed by atoms with van der Waals surface area (Å²) < 4.78 is 5.72. The van der Waals surface area contributed by atoms with Crippen molar-refractivity contribution in [2.45, 2.75) is 0 Å². The van der Waals surface area contributed by atoms with Crippen molar-refractivity contribution < 1.29 is 4.42 Å². The van der Waals surface area contributed by atoms with Gasteiger partial charge in [0, 0.05) is 11.6 Å². The second kappa shape index (κ2) is 6.74. The van der Waals surface area contributed by atoms with Crippen LogP contribution < -0.4 is 5.73 Å². The number of aromatic nitrogens is 2. The fraction of sp³-hybridized carbons (Fsp3) is 0. The molecule has 0 radical (unpaired) electrons. The van der Waals surface area contributed by atoms with E-state index < -0.39 is 0 Å². The lowest BCUT2D eigenvalue weighted by molar-refractivity contribution is 0.572. The predicted octanol–water partition coefficient (Wildman–Crippen LogP) is 4.49. The molecule has 8 heteroatoms. The zero-order valence-electron chi connectivity index (χ0n) is 12.5. The highest BCUT2D eigenvalue weighted by molar-refractivity contribution is 6.43. The topological polar surface area (TPSA) is 115 Å². The van der Waals surface area contributed by atoms with Gasteiger partial charge in [-0.15, -0.1) is 0 Å². The first-order chi connectivity index (χ1) is 12.0. The Morgan fingerprint density at radius 2 is 2.04 bits per heavy atom. The van der Waals surface area contributed by atoms with Crippen molar-refractivity contribution in [1.29, 1.82) is 10.5 Å². The molecule has 0 fully saturated rings. The smallest absolute Gasteiger partial charge is 0.163 e. The largest absolute Gasteiger partial charge is 0.457 e. The molecule has 0 spiro atoms. The minimum Gasteiger partial charge on any atom is -0.457 e. The standard InChI is InChI=1S/C17H9Cl2N5O/c18-13-3-1-2-11(15(13)19)14-5-4-10(25-14)6-9(7-20)16-12(8-21)17(22)24-23-16/h1-6H,(H3,22,23,24)/b9-6+. The molecule has 25 heavy (non-hydrogen) atoms. The Morgan fingerprint density at radius 1 is 1.24 bits per heavy atom.